The zero-order valence-corrected chi connectivity index (χ0v) is 12.2. The topological polar surface area (TPSA) is 21.3 Å². The number of rotatable bonds is 4. The van der Waals surface area contributed by atoms with E-state index >= 15 is 0 Å². The highest BCUT2D eigenvalue weighted by Crippen LogP contribution is 2.54. The minimum absolute atomic E-state index is 0.410. The van der Waals surface area contributed by atoms with Crippen LogP contribution in [0.5, 0.6) is 0 Å². The highest BCUT2D eigenvalue weighted by Gasteiger charge is 2.56. The molecule has 2 unspecified atom stereocenters. The lowest BCUT2D eigenvalue weighted by Crippen LogP contribution is -2.61. The van der Waals surface area contributed by atoms with Crippen LogP contribution in [0.2, 0.25) is 5.02 Å². The Morgan fingerprint density at radius 1 is 1.37 bits per heavy atom. The summed E-state index contributed by atoms with van der Waals surface area (Å²) in [5.41, 5.74) is 1.58. The zero-order valence-electron chi connectivity index (χ0n) is 11.5. The smallest absolute Gasteiger partial charge is 0.0721 e. The lowest BCUT2D eigenvalue weighted by Gasteiger charge is -2.54. The van der Waals surface area contributed by atoms with Crippen molar-refractivity contribution in [3.63, 3.8) is 0 Å². The van der Waals surface area contributed by atoms with Gasteiger partial charge in [0.2, 0.25) is 0 Å². The van der Waals surface area contributed by atoms with Crippen LogP contribution in [0, 0.1) is 5.41 Å². The van der Waals surface area contributed by atoms with Crippen LogP contribution in [-0.4, -0.2) is 19.2 Å². The Morgan fingerprint density at radius 3 is 2.84 bits per heavy atom. The molecule has 2 aliphatic rings. The summed E-state index contributed by atoms with van der Waals surface area (Å²) in [4.78, 5) is 0. The molecule has 1 aromatic carbocycles. The van der Waals surface area contributed by atoms with Crippen molar-refractivity contribution in [2.75, 3.05) is 7.05 Å². The predicted octanol–water partition coefficient (Wildman–Crippen LogP) is 3.78. The van der Waals surface area contributed by atoms with Crippen molar-refractivity contribution in [1.82, 2.24) is 5.32 Å². The number of nitrogens with one attached hydrogen (secondary N) is 1. The second-order valence-electron chi connectivity index (χ2n) is 5.95. The van der Waals surface area contributed by atoms with E-state index in [1.54, 1.807) is 0 Å². The van der Waals surface area contributed by atoms with Crippen LogP contribution in [-0.2, 0) is 11.3 Å². The van der Waals surface area contributed by atoms with Crippen molar-refractivity contribution in [2.24, 2.45) is 5.41 Å². The van der Waals surface area contributed by atoms with Crippen LogP contribution in [0.25, 0.3) is 0 Å². The first-order chi connectivity index (χ1) is 9.24. The lowest BCUT2D eigenvalue weighted by molar-refractivity contribution is -0.138. The van der Waals surface area contributed by atoms with E-state index in [1.807, 2.05) is 18.2 Å². The molecule has 3 rings (SSSR count). The van der Waals surface area contributed by atoms with Gasteiger partial charge in [-0.2, -0.15) is 0 Å². The Morgan fingerprint density at radius 2 is 2.16 bits per heavy atom. The Labute approximate surface area is 120 Å². The van der Waals surface area contributed by atoms with E-state index in [4.69, 9.17) is 16.3 Å². The molecule has 0 bridgehead atoms. The quantitative estimate of drug-likeness (QED) is 0.906. The molecule has 0 saturated heterocycles. The second kappa shape index (κ2) is 5.43. The summed E-state index contributed by atoms with van der Waals surface area (Å²) < 4.78 is 6.19. The summed E-state index contributed by atoms with van der Waals surface area (Å²) >= 11 is 6.01. The zero-order chi connectivity index (χ0) is 13.3. The molecule has 0 heterocycles. The number of hydrogen-bond acceptors (Lipinski definition) is 2. The van der Waals surface area contributed by atoms with E-state index in [2.05, 4.69) is 18.4 Å². The highest BCUT2D eigenvalue weighted by atomic mass is 35.5. The molecule has 2 aliphatic carbocycles. The Bertz CT molecular complexity index is 442. The van der Waals surface area contributed by atoms with Gasteiger partial charge in [-0.1, -0.05) is 36.6 Å². The van der Waals surface area contributed by atoms with Gasteiger partial charge in [-0.15, -0.1) is 0 Å². The van der Waals surface area contributed by atoms with E-state index in [0.29, 0.717) is 24.2 Å². The van der Waals surface area contributed by atoms with Gasteiger partial charge < -0.3 is 10.1 Å². The van der Waals surface area contributed by atoms with Gasteiger partial charge in [0.05, 0.1) is 12.7 Å². The van der Waals surface area contributed by atoms with E-state index in [1.165, 1.54) is 31.2 Å². The minimum Gasteiger partial charge on any atom is -0.373 e. The molecular weight excluding hydrogens is 258 g/mol. The summed E-state index contributed by atoms with van der Waals surface area (Å²) in [7, 11) is 2.08. The molecular formula is C16H22ClNO. The molecule has 2 atom stereocenters. The van der Waals surface area contributed by atoms with Crippen LogP contribution in [0.1, 0.15) is 37.7 Å². The second-order valence-corrected chi connectivity index (χ2v) is 6.38. The van der Waals surface area contributed by atoms with Gasteiger partial charge in [0.1, 0.15) is 0 Å². The average Bonchev–Trinajstić information content (AvgIpc) is 2.90. The molecule has 19 heavy (non-hydrogen) atoms. The van der Waals surface area contributed by atoms with E-state index < -0.39 is 0 Å². The summed E-state index contributed by atoms with van der Waals surface area (Å²) in [5, 5.41) is 4.26. The molecule has 0 aromatic heterocycles. The van der Waals surface area contributed by atoms with E-state index in [0.717, 1.165) is 11.4 Å². The van der Waals surface area contributed by atoms with Gasteiger partial charge >= 0.3 is 0 Å². The van der Waals surface area contributed by atoms with Crippen LogP contribution in [0.3, 0.4) is 0 Å². The maximum atomic E-state index is 6.19. The average molecular weight is 280 g/mol. The Balaban J connectivity index is 1.61. The number of hydrogen-bond donors (Lipinski definition) is 1. The van der Waals surface area contributed by atoms with Crippen molar-refractivity contribution < 1.29 is 4.74 Å². The fraction of sp³-hybridized carbons (Fsp3) is 0.625. The molecule has 3 heteroatoms. The molecule has 0 aliphatic heterocycles. The van der Waals surface area contributed by atoms with Crippen LogP contribution < -0.4 is 5.32 Å². The third kappa shape index (κ3) is 2.42. The summed E-state index contributed by atoms with van der Waals surface area (Å²) in [6.45, 7) is 0.684. The maximum absolute atomic E-state index is 6.19. The molecule has 1 spiro atoms. The third-order valence-corrected chi connectivity index (χ3v) is 5.24. The minimum atomic E-state index is 0.410. The van der Waals surface area contributed by atoms with Crippen molar-refractivity contribution in [3.05, 3.63) is 34.9 Å². The largest absolute Gasteiger partial charge is 0.373 e. The lowest BCUT2D eigenvalue weighted by atomic mass is 9.60. The predicted molar refractivity (Wildman–Crippen MR) is 78.4 cm³/mol. The van der Waals surface area contributed by atoms with E-state index in [-0.39, 0.29) is 0 Å². The maximum Gasteiger partial charge on any atom is 0.0721 e. The van der Waals surface area contributed by atoms with Gasteiger partial charge in [-0.25, -0.2) is 0 Å². The highest BCUT2D eigenvalue weighted by molar-refractivity contribution is 6.30. The first kappa shape index (κ1) is 13.4. The van der Waals surface area contributed by atoms with Gasteiger partial charge in [0.25, 0.3) is 0 Å². The Kier molecular flexibility index (Phi) is 3.84. The SMILES string of the molecule is CNC1CC(OCc2cccc(Cl)c2)C12CCCC2. The Hall–Kier alpha value is -0.570. The van der Waals surface area contributed by atoms with Gasteiger partial charge in [-0.05, 0) is 44.0 Å². The van der Waals surface area contributed by atoms with Crippen molar-refractivity contribution in [3.8, 4) is 0 Å². The van der Waals surface area contributed by atoms with Gasteiger partial charge in [-0.3, -0.25) is 0 Å². The first-order valence-corrected chi connectivity index (χ1v) is 7.66. The number of halogens is 1. The normalized spacial score (nSPS) is 28.5. The van der Waals surface area contributed by atoms with Crippen molar-refractivity contribution in [2.45, 2.75) is 50.9 Å². The van der Waals surface area contributed by atoms with Crippen LogP contribution >= 0.6 is 11.6 Å². The van der Waals surface area contributed by atoms with E-state index in [9.17, 15) is 0 Å². The molecule has 0 amide bonds. The fourth-order valence-electron chi connectivity index (χ4n) is 3.91. The molecule has 0 radical (unpaired) electrons. The molecule has 1 aromatic rings. The molecule has 104 valence electrons. The first-order valence-electron chi connectivity index (χ1n) is 7.28. The van der Waals surface area contributed by atoms with Crippen molar-refractivity contribution in [1.29, 1.82) is 0 Å². The number of benzene rings is 1. The summed E-state index contributed by atoms with van der Waals surface area (Å²) in [6.07, 6.45) is 6.92. The van der Waals surface area contributed by atoms with Crippen LogP contribution in [0.15, 0.2) is 24.3 Å². The molecule has 1 N–H and O–H groups in total. The molecule has 2 fully saturated rings. The van der Waals surface area contributed by atoms with Crippen LogP contribution in [0.4, 0.5) is 0 Å². The third-order valence-electron chi connectivity index (χ3n) is 5.01. The fourth-order valence-corrected chi connectivity index (χ4v) is 4.13. The monoisotopic (exact) mass is 279 g/mol. The number of ether oxygens (including phenoxy) is 1. The summed E-state index contributed by atoms with van der Waals surface area (Å²) in [5.74, 6) is 0. The summed E-state index contributed by atoms with van der Waals surface area (Å²) in [6, 6.07) is 8.63. The van der Waals surface area contributed by atoms with Crippen molar-refractivity contribution >= 4 is 11.6 Å². The van der Waals surface area contributed by atoms with Gasteiger partial charge in [0.15, 0.2) is 0 Å². The standard InChI is InChI=1S/C16H22ClNO/c1-18-14-10-15(16(14)7-2-3-8-16)19-11-12-5-4-6-13(17)9-12/h4-6,9,14-15,18H,2-3,7-8,10-11H2,1H3. The molecule has 2 nitrogen and oxygen atoms in total. The van der Waals surface area contributed by atoms with Gasteiger partial charge in [0, 0.05) is 16.5 Å². The molecule has 2 saturated carbocycles.